The lowest BCUT2D eigenvalue weighted by atomic mass is 10.0. The quantitative estimate of drug-likeness (QED) is 0.0921. The molecule has 0 aromatic rings. The minimum atomic E-state index is -3.71. The molecule has 0 aromatic heterocycles. The number of unbranched alkanes of at least 4 members (excludes halogenated alkanes) is 15. The first-order valence-electron chi connectivity index (χ1n) is 11.6. The van der Waals surface area contributed by atoms with Crippen molar-refractivity contribution in [1.29, 1.82) is 0 Å². The molecule has 1 rings (SSSR count). The zero-order chi connectivity index (χ0) is 20.3. The van der Waals surface area contributed by atoms with Crippen molar-refractivity contribution < 1.29 is 28.2 Å². The second-order valence-corrected chi connectivity index (χ2v) is 9.33. The number of rotatable bonds is 19. The van der Waals surface area contributed by atoms with Crippen molar-refractivity contribution in [3.8, 4) is 0 Å². The van der Waals surface area contributed by atoms with E-state index in [0.717, 1.165) is 12.8 Å². The van der Waals surface area contributed by atoms with Gasteiger partial charge in [0, 0.05) is 0 Å². The van der Waals surface area contributed by atoms with Gasteiger partial charge in [0.25, 0.3) is 0 Å². The molecule has 6 nitrogen and oxygen atoms in total. The van der Waals surface area contributed by atoms with E-state index in [0.29, 0.717) is 6.61 Å². The van der Waals surface area contributed by atoms with Crippen molar-refractivity contribution in [3.63, 3.8) is 0 Å². The first kappa shape index (κ1) is 26.1. The Balaban J connectivity index is 1.74. The van der Waals surface area contributed by atoms with Gasteiger partial charge in [0.1, 0.15) is 6.61 Å². The molecule has 1 aliphatic rings. The standard InChI is InChI=1S/C21H43O6P/c1-3-4-5-6-7-8-9-10-11-12-13-14-15-16-17-18-19-23-26-28(22)25-21(2)20-24-27-28/h21H,3-20H2,1-2H3. The van der Waals surface area contributed by atoms with E-state index < -0.39 is 7.82 Å². The first-order chi connectivity index (χ1) is 13.7. The van der Waals surface area contributed by atoms with Gasteiger partial charge >= 0.3 is 7.82 Å². The fourth-order valence-corrected chi connectivity index (χ4v) is 4.29. The van der Waals surface area contributed by atoms with Gasteiger partial charge in [-0.1, -0.05) is 103 Å². The average molecular weight is 423 g/mol. The monoisotopic (exact) mass is 422 g/mol. The molecule has 0 spiro atoms. The SMILES string of the molecule is CCCCCCCCCCCCCCCCCCOOP1(=O)OOCC(C)O1. The van der Waals surface area contributed by atoms with Crippen LogP contribution >= 0.6 is 7.82 Å². The largest absolute Gasteiger partial charge is 0.529 e. The van der Waals surface area contributed by atoms with Crippen molar-refractivity contribution in [1.82, 2.24) is 0 Å². The fourth-order valence-electron chi connectivity index (χ4n) is 3.30. The predicted molar refractivity (Wildman–Crippen MR) is 112 cm³/mol. The highest BCUT2D eigenvalue weighted by molar-refractivity contribution is 7.48. The van der Waals surface area contributed by atoms with Crippen molar-refractivity contribution in [2.24, 2.45) is 0 Å². The molecule has 0 aromatic carbocycles. The van der Waals surface area contributed by atoms with Crippen LogP contribution < -0.4 is 0 Å². The topological polar surface area (TPSA) is 63.2 Å². The molecular weight excluding hydrogens is 379 g/mol. The van der Waals surface area contributed by atoms with Crippen LogP contribution in [-0.2, 0) is 28.2 Å². The lowest BCUT2D eigenvalue weighted by molar-refractivity contribution is -0.310. The summed E-state index contributed by atoms with van der Waals surface area (Å²) >= 11 is 0. The molecule has 168 valence electrons. The number of phosphoric acid groups is 1. The predicted octanol–water partition coefficient (Wildman–Crippen LogP) is 7.67. The van der Waals surface area contributed by atoms with Crippen molar-refractivity contribution in [2.75, 3.05) is 13.2 Å². The molecule has 7 heteroatoms. The van der Waals surface area contributed by atoms with E-state index in [1.54, 1.807) is 6.92 Å². The van der Waals surface area contributed by atoms with E-state index in [1.165, 1.54) is 89.9 Å². The smallest absolute Gasteiger partial charge is 0.278 e. The fraction of sp³-hybridized carbons (Fsp3) is 1.00. The number of hydrogen-bond acceptors (Lipinski definition) is 6. The van der Waals surface area contributed by atoms with Gasteiger partial charge in [-0.15, -0.1) is 9.35 Å². The highest BCUT2D eigenvalue weighted by Gasteiger charge is 2.36. The minimum absolute atomic E-state index is 0.229. The molecule has 0 aliphatic carbocycles. The lowest BCUT2D eigenvalue weighted by Gasteiger charge is -2.23. The summed E-state index contributed by atoms with van der Waals surface area (Å²) in [7, 11) is -3.71. The molecule has 0 bridgehead atoms. The Bertz CT molecular complexity index is 393. The Morgan fingerprint density at radius 2 is 1.25 bits per heavy atom. The zero-order valence-electron chi connectivity index (χ0n) is 18.2. The normalized spacial score (nSPS) is 22.6. The maximum atomic E-state index is 11.9. The summed E-state index contributed by atoms with van der Waals surface area (Å²) in [5, 5.41) is 0. The maximum Gasteiger partial charge on any atom is 0.529 e. The molecule has 0 amide bonds. The summed E-state index contributed by atoms with van der Waals surface area (Å²) in [5.41, 5.74) is 0. The van der Waals surface area contributed by atoms with Gasteiger partial charge in [-0.3, -0.25) is 4.52 Å². The third-order valence-electron chi connectivity index (χ3n) is 4.98. The Kier molecular flexibility index (Phi) is 16.6. The van der Waals surface area contributed by atoms with Gasteiger partial charge in [0.15, 0.2) is 0 Å². The maximum absolute atomic E-state index is 11.9. The Hall–Kier alpha value is 0.0300. The Morgan fingerprint density at radius 1 is 0.786 bits per heavy atom. The highest BCUT2D eigenvalue weighted by Crippen LogP contribution is 2.53. The summed E-state index contributed by atoms with van der Waals surface area (Å²) in [6.45, 7) is 4.61. The molecule has 28 heavy (non-hydrogen) atoms. The summed E-state index contributed by atoms with van der Waals surface area (Å²) in [6, 6.07) is 0. The van der Waals surface area contributed by atoms with E-state index in [4.69, 9.17) is 19.0 Å². The molecule has 0 radical (unpaired) electrons. The molecular formula is C21H43O6P. The summed E-state index contributed by atoms with van der Waals surface area (Å²) in [4.78, 5) is 9.64. The van der Waals surface area contributed by atoms with Crippen molar-refractivity contribution >= 4 is 7.82 Å². The third-order valence-corrected chi connectivity index (χ3v) is 6.18. The van der Waals surface area contributed by atoms with E-state index in [-0.39, 0.29) is 12.7 Å². The van der Waals surface area contributed by atoms with Gasteiger partial charge in [-0.25, -0.2) is 14.3 Å². The molecule has 1 saturated heterocycles. The van der Waals surface area contributed by atoms with Gasteiger partial charge in [0.2, 0.25) is 0 Å². The van der Waals surface area contributed by atoms with Crippen LogP contribution in [0.3, 0.4) is 0 Å². The summed E-state index contributed by atoms with van der Waals surface area (Å²) < 4.78 is 26.3. The van der Waals surface area contributed by atoms with Gasteiger partial charge in [0.05, 0.1) is 12.7 Å². The molecule has 2 atom stereocenters. The Labute approximate surface area is 172 Å². The molecule has 0 N–H and O–H groups in total. The summed E-state index contributed by atoms with van der Waals surface area (Å²) in [5.74, 6) is 0. The van der Waals surface area contributed by atoms with Crippen LogP contribution in [0.2, 0.25) is 0 Å². The second-order valence-electron chi connectivity index (χ2n) is 7.92. The highest BCUT2D eigenvalue weighted by atomic mass is 31.2. The van der Waals surface area contributed by atoms with Crippen LogP contribution in [0.4, 0.5) is 0 Å². The molecule has 1 aliphatic heterocycles. The summed E-state index contributed by atoms with van der Waals surface area (Å²) in [6.07, 6.45) is 20.8. The van der Waals surface area contributed by atoms with E-state index in [1.807, 2.05) is 0 Å². The van der Waals surface area contributed by atoms with E-state index in [2.05, 4.69) is 11.6 Å². The first-order valence-corrected chi connectivity index (χ1v) is 13.0. The molecule has 1 heterocycles. The van der Waals surface area contributed by atoms with Crippen LogP contribution in [0.15, 0.2) is 0 Å². The van der Waals surface area contributed by atoms with E-state index >= 15 is 0 Å². The molecule has 2 unspecified atom stereocenters. The number of hydrogen-bond donors (Lipinski definition) is 0. The van der Waals surface area contributed by atoms with Crippen LogP contribution in [0.5, 0.6) is 0 Å². The lowest BCUT2D eigenvalue weighted by Crippen LogP contribution is -2.22. The second kappa shape index (κ2) is 17.9. The zero-order valence-corrected chi connectivity index (χ0v) is 19.1. The van der Waals surface area contributed by atoms with Gasteiger partial charge < -0.3 is 0 Å². The average Bonchev–Trinajstić information content (AvgIpc) is 2.67. The van der Waals surface area contributed by atoms with Gasteiger partial charge in [-0.05, 0) is 13.3 Å². The molecule has 1 fully saturated rings. The Morgan fingerprint density at radius 3 is 1.71 bits per heavy atom. The van der Waals surface area contributed by atoms with E-state index in [9.17, 15) is 4.57 Å². The van der Waals surface area contributed by atoms with Crippen LogP contribution in [0.1, 0.15) is 117 Å². The molecule has 0 saturated carbocycles. The van der Waals surface area contributed by atoms with Crippen LogP contribution in [0, 0.1) is 0 Å². The van der Waals surface area contributed by atoms with Crippen LogP contribution in [-0.4, -0.2) is 19.3 Å². The van der Waals surface area contributed by atoms with Crippen molar-refractivity contribution in [3.05, 3.63) is 0 Å². The van der Waals surface area contributed by atoms with Crippen LogP contribution in [0.25, 0.3) is 0 Å². The minimum Gasteiger partial charge on any atom is -0.278 e. The van der Waals surface area contributed by atoms with Gasteiger partial charge in [-0.2, -0.15) is 0 Å². The third kappa shape index (κ3) is 14.9. The van der Waals surface area contributed by atoms with Crippen molar-refractivity contribution in [2.45, 2.75) is 123 Å².